The van der Waals surface area contributed by atoms with Gasteiger partial charge < -0.3 is 10.5 Å². The van der Waals surface area contributed by atoms with Gasteiger partial charge >= 0.3 is 6.18 Å². The number of hydrogen-bond donors (Lipinski definition) is 1. The topological polar surface area (TPSA) is 48.1 Å². The van der Waals surface area contributed by atoms with Gasteiger partial charge in [-0.1, -0.05) is 6.07 Å². The number of alkyl halides is 3. The average Bonchev–Trinajstić information content (AvgIpc) is 2.41. The monoisotopic (exact) mass is 282 g/mol. The Bertz CT molecular complexity index is 550. The second kappa shape index (κ2) is 5.92. The van der Waals surface area contributed by atoms with Crippen molar-refractivity contribution in [3.8, 4) is 11.6 Å². The van der Waals surface area contributed by atoms with Crippen LogP contribution in [0.1, 0.15) is 11.1 Å². The molecule has 0 aliphatic heterocycles. The van der Waals surface area contributed by atoms with Gasteiger partial charge in [-0.05, 0) is 42.8 Å². The quantitative estimate of drug-likeness (QED) is 0.935. The Labute approximate surface area is 114 Å². The summed E-state index contributed by atoms with van der Waals surface area (Å²) in [4.78, 5) is 4.06. The number of ether oxygens (including phenoxy) is 1. The molecule has 2 aromatic rings. The Morgan fingerprint density at radius 3 is 2.25 bits per heavy atom. The summed E-state index contributed by atoms with van der Waals surface area (Å²) in [6, 6.07) is 7.94. The lowest BCUT2D eigenvalue weighted by molar-refractivity contribution is -0.137. The van der Waals surface area contributed by atoms with Crippen molar-refractivity contribution < 1.29 is 17.9 Å². The number of rotatable bonds is 4. The number of halogens is 3. The predicted molar refractivity (Wildman–Crippen MR) is 68.5 cm³/mol. The molecule has 0 amide bonds. The van der Waals surface area contributed by atoms with Crippen molar-refractivity contribution in [3.63, 3.8) is 0 Å². The van der Waals surface area contributed by atoms with Crippen molar-refractivity contribution in [2.24, 2.45) is 5.73 Å². The average molecular weight is 282 g/mol. The van der Waals surface area contributed by atoms with Gasteiger partial charge in [0.1, 0.15) is 5.75 Å². The van der Waals surface area contributed by atoms with Crippen LogP contribution in [0.3, 0.4) is 0 Å². The van der Waals surface area contributed by atoms with Crippen molar-refractivity contribution in [1.82, 2.24) is 4.98 Å². The van der Waals surface area contributed by atoms with Crippen LogP contribution in [-0.2, 0) is 12.6 Å². The Morgan fingerprint density at radius 2 is 1.75 bits per heavy atom. The first-order valence-electron chi connectivity index (χ1n) is 5.99. The largest absolute Gasteiger partial charge is 0.439 e. The Morgan fingerprint density at radius 1 is 1.05 bits per heavy atom. The second-order valence-corrected chi connectivity index (χ2v) is 4.17. The lowest BCUT2D eigenvalue weighted by Crippen LogP contribution is -2.04. The first-order valence-corrected chi connectivity index (χ1v) is 5.99. The van der Waals surface area contributed by atoms with Crippen LogP contribution in [0, 0.1) is 0 Å². The third-order valence-corrected chi connectivity index (χ3v) is 2.63. The zero-order chi connectivity index (χ0) is 14.6. The zero-order valence-corrected chi connectivity index (χ0v) is 10.5. The number of pyridine rings is 1. The summed E-state index contributed by atoms with van der Waals surface area (Å²) in [5, 5.41) is 0. The summed E-state index contributed by atoms with van der Waals surface area (Å²) < 4.78 is 42.6. The summed E-state index contributed by atoms with van der Waals surface area (Å²) in [5.41, 5.74) is 5.69. The van der Waals surface area contributed by atoms with E-state index in [4.69, 9.17) is 10.5 Å². The molecule has 1 aromatic heterocycles. The molecule has 0 radical (unpaired) electrons. The summed E-state index contributed by atoms with van der Waals surface area (Å²) in [5.74, 6) is 0.627. The van der Waals surface area contributed by atoms with Gasteiger partial charge in [0.15, 0.2) is 0 Å². The van der Waals surface area contributed by atoms with Crippen molar-refractivity contribution in [2.45, 2.75) is 12.6 Å². The van der Waals surface area contributed by atoms with E-state index in [-0.39, 0.29) is 0 Å². The van der Waals surface area contributed by atoms with Crippen molar-refractivity contribution in [2.75, 3.05) is 6.54 Å². The SMILES string of the molecule is NCCc1ccc(Oc2ccc(C(F)(F)F)cc2)nc1. The minimum atomic E-state index is -4.35. The molecule has 0 saturated heterocycles. The number of benzene rings is 1. The molecule has 0 aliphatic carbocycles. The fourth-order valence-electron chi connectivity index (χ4n) is 1.62. The fourth-order valence-corrected chi connectivity index (χ4v) is 1.62. The highest BCUT2D eigenvalue weighted by molar-refractivity contribution is 5.32. The smallest absolute Gasteiger partial charge is 0.416 e. The minimum Gasteiger partial charge on any atom is -0.439 e. The first kappa shape index (κ1) is 14.3. The van der Waals surface area contributed by atoms with Gasteiger partial charge in [0, 0.05) is 12.3 Å². The van der Waals surface area contributed by atoms with Gasteiger partial charge in [-0.2, -0.15) is 13.2 Å². The van der Waals surface area contributed by atoms with Gasteiger partial charge in [0.2, 0.25) is 5.88 Å². The van der Waals surface area contributed by atoms with Gasteiger partial charge in [-0.15, -0.1) is 0 Å². The molecule has 6 heteroatoms. The van der Waals surface area contributed by atoms with E-state index in [0.717, 1.165) is 17.7 Å². The van der Waals surface area contributed by atoms with Crippen LogP contribution in [0.25, 0.3) is 0 Å². The Balaban J connectivity index is 2.06. The molecule has 0 saturated carbocycles. The predicted octanol–water partition coefficient (Wildman–Crippen LogP) is 3.39. The van der Waals surface area contributed by atoms with Crippen LogP contribution in [-0.4, -0.2) is 11.5 Å². The molecular weight excluding hydrogens is 269 g/mol. The zero-order valence-electron chi connectivity index (χ0n) is 10.5. The van der Waals surface area contributed by atoms with Gasteiger partial charge in [0.25, 0.3) is 0 Å². The number of hydrogen-bond acceptors (Lipinski definition) is 3. The maximum absolute atomic E-state index is 12.4. The summed E-state index contributed by atoms with van der Waals surface area (Å²) in [6.07, 6.45) is -2.00. The molecule has 20 heavy (non-hydrogen) atoms. The lowest BCUT2D eigenvalue weighted by Gasteiger charge is -2.08. The minimum absolute atomic E-state index is 0.303. The van der Waals surface area contributed by atoms with Gasteiger partial charge in [-0.3, -0.25) is 0 Å². The highest BCUT2D eigenvalue weighted by Crippen LogP contribution is 2.31. The van der Waals surface area contributed by atoms with Crippen molar-refractivity contribution in [3.05, 3.63) is 53.7 Å². The van der Waals surface area contributed by atoms with E-state index < -0.39 is 11.7 Å². The van der Waals surface area contributed by atoms with E-state index >= 15 is 0 Å². The molecule has 1 aromatic carbocycles. The van der Waals surface area contributed by atoms with E-state index in [9.17, 15) is 13.2 Å². The van der Waals surface area contributed by atoms with E-state index in [1.165, 1.54) is 12.1 Å². The first-order chi connectivity index (χ1) is 9.49. The van der Waals surface area contributed by atoms with Crippen molar-refractivity contribution >= 4 is 0 Å². The van der Waals surface area contributed by atoms with E-state index in [0.29, 0.717) is 24.6 Å². The Kier molecular flexibility index (Phi) is 4.24. The van der Waals surface area contributed by atoms with Crippen LogP contribution < -0.4 is 10.5 Å². The molecule has 0 bridgehead atoms. The number of nitrogens with two attached hydrogens (primary N) is 1. The third kappa shape index (κ3) is 3.71. The molecule has 0 atom stereocenters. The maximum atomic E-state index is 12.4. The van der Waals surface area contributed by atoms with E-state index in [2.05, 4.69) is 4.98 Å². The highest BCUT2D eigenvalue weighted by Gasteiger charge is 2.30. The fraction of sp³-hybridized carbons (Fsp3) is 0.214. The van der Waals surface area contributed by atoms with Crippen molar-refractivity contribution in [1.29, 1.82) is 0 Å². The maximum Gasteiger partial charge on any atom is 0.416 e. The standard InChI is InChI=1S/C14H13F3N2O/c15-14(16,17)11-2-4-12(5-3-11)20-13-6-1-10(7-8-18)9-19-13/h1-6,9H,7-8,18H2. The molecule has 0 fully saturated rings. The summed E-state index contributed by atoms with van der Waals surface area (Å²) >= 11 is 0. The van der Waals surface area contributed by atoms with E-state index in [1.807, 2.05) is 6.07 Å². The van der Waals surface area contributed by atoms with Crippen LogP contribution >= 0.6 is 0 Å². The molecule has 3 nitrogen and oxygen atoms in total. The molecule has 0 aliphatic rings. The van der Waals surface area contributed by atoms with Crippen LogP contribution in [0.4, 0.5) is 13.2 Å². The molecule has 2 N–H and O–H groups in total. The number of aromatic nitrogens is 1. The molecule has 1 heterocycles. The molecule has 0 unspecified atom stereocenters. The third-order valence-electron chi connectivity index (χ3n) is 2.63. The van der Waals surface area contributed by atoms with Crippen LogP contribution in [0.5, 0.6) is 11.6 Å². The number of nitrogens with zero attached hydrogens (tertiary/aromatic N) is 1. The molecule has 106 valence electrons. The Hall–Kier alpha value is -2.08. The lowest BCUT2D eigenvalue weighted by atomic mass is 10.2. The molecule has 0 spiro atoms. The molecular formula is C14H13F3N2O. The second-order valence-electron chi connectivity index (χ2n) is 4.17. The van der Waals surface area contributed by atoms with Crippen LogP contribution in [0.2, 0.25) is 0 Å². The summed E-state index contributed by atoms with van der Waals surface area (Å²) in [7, 11) is 0. The normalized spacial score (nSPS) is 11.4. The summed E-state index contributed by atoms with van der Waals surface area (Å²) in [6.45, 7) is 0.529. The highest BCUT2D eigenvalue weighted by atomic mass is 19.4. The van der Waals surface area contributed by atoms with Gasteiger partial charge in [-0.25, -0.2) is 4.98 Å². The van der Waals surface area contributed by atoms with Crippen LogP contribution in [0.15, 0.2) is 42.6 Å². The van der Waals surface area contributed by atoms with E-state index in [1.54, 1.807) is 12.3 Å². The molecule has 2 rings (SSSR count). The van der Waals surface area contributed by atoms with Gasteiger partial charge in [0.05, 0.1) is 5.56 Å².